The van der Waals surface area contributed by atoms with Gasteiger partial charge in [-0.2, -0.15) is 0 Å². The molecule has 7 nitrogen and oxygen atoms in total. The van der Waals surface area contributed by atoms with Gasteiger partial charge in [-0.05, 0) is 25.0 Å². The standard InChI is InChI=1S/C13H17ClFNO6S2/c1-2-7-24(21,22)8-3-6-16(23(19)20)10-5-4-9(14)11(12(10)15)13(17)18/h4-5H,2-3,6-8H2,1H3,(H,17,18)(H,19,20)/p-1. The summed E-state index contributed by atoms with van der Waals surface area (Å²) >= 11 is 2.69. The zero-order valence-electron chi connectivity index (χ0n) is 12.7. The first-order valence-corrected chi connectivity index (χ1v) is 10.1. The number of aromatic carboxylic acids is 1. The average molecular weight is 401 g/mol. The summed E-state index contributed by atoms with van der Waals surface area (Å²) in [5.74, 6) is -3.21. The molecule has 0 saturated carbocycles. The molecule has 0 bridgehead atoms. The Labute approximate surface area is 146 Å². The van der Waals surface area contributed by atoms with E-state index >= 15 is 0 Å². The van der Waals surface area contributed by atoms with E-state index in [1.54, 1.807) is 6.92 Å². The van der Waals surface area contributed by atoms with E-state index in [1.165, 1.54) is 0 Å². The summed E-state index contributed by atoms with van der Waals surface area (Å²) in [5.41, 5.74) is -1.35. The topological polar surface area (TPSA) is 115 Å². The van der Waals surface area contributed by atoms with E-state index in [4.69, 9.17) is 16.7 Å². The molecule has 24 heavy (non-hydrogen) atoms. The van der Waals surface area contributed by atoms with Crippen molar-refractivity contribution in [2.24, 2.45) is 0 Å². The van der Waals surface area contributed by atoms with E-state index in [1.807, 2.05) is 0 Å². The smallest absolute Gasteiger partial charge is 0.340 e. The molecule has 1 N–H and O–H groups in total. The van der Waals surface area contributed by atoms with Gasteiger partial charge in [0, 0.05) is 23.6 Å². The minimum absolute atomic E-state index is 0.0219. The molecule has 0 heterocycles. The maximum atomic E-state index is 14.3. The van der Waals surface area contributed by atoms with Gasteiger partial charge in [0.25, 0.3) is 0 Å². The number of carboxylic acid groups (broad SMARTS) is 1. The van der Waals surface area contributed by atoms with Crippen LogP contribution in [-0.4, -0.2) is 46.3 Å². The van der Waals surface area contributed by atoms with Crippen molar-refractivity contribution in [1.29, 1.82) is 0 Å². The first-order chi connectivity index (χ1) is 11.1. The zero-order valence-corrected chi connectivity index (χ0v) is 15.1. The molecule has 0 aromatic heterocycles. The second-order valence-electron chi connectivity index (χ2n) is 4.89. The number of anilines is 1. The van der Waals surface area contributed by atoms with Gasteiger partial charge in [-0.1, -0.05) is 18.5 Å². The van der Waals surface area contributed by atoms with Gasteiger partial charge < -0.3 is 9.66 Å². The number of halogens is 2. The van der Waals surface area contributed by atoms with Crippen LogP contribution in [0.5, 0.6) is 0 Å². The lowest BCUT2D eigenvalue weighted by atomic mass is 10.2. The normalized spacial score (nSPS) is 12.8. The summed E-state index contributed by atoms with van der Waals surface area (Å²) in [4.78, 5) is 11.0. The average Bonchev–Trinajstić information content (AvgIpc) is 2.44. The number of rotatable bonds is 9. The van der Waals surface area contributed by atoms with Crippen LogP contribution < -0.4 is 4.31 Å². The first kappa shape index (κ1) is 20.8. The summed E-state index contributed by atoms with van der Waals surface area (Å²) in [6, 6.07) is 2.09. The fourth-order valence-electron chi connectivity index (χ4n) is 2.05. The Balaban J connectivity index is 3.04. The molecule has 11 heteroatoms. The predicted octanol–water partition coefficient (Wildman–Crippen LogP) is 1.99. The first-order valence-electron chi connectivity index (χ1n) is 6.89. The lowest BCUT2D eigenvalue weighted by Crippen LogP contribution is -2.29. The van der Waals surface area contributed by atoms with Gasteiger partial charge in [0.2, 0.25) is 0 Å². The molecule has 0 aliphatic carbocycles. The van der Waals surface area contributed by atoms with Crippen LogP contribution in [0.3, 0.4) is 0 Å². The van der Waals surface area contributed by atoms with Crippen LogP contribution in [0.25, 0.3) is 0 Å². The van der Waals surface area contributed by atoms with E-state index < -0.39 is 44.1 Å². The SMILES string of the molecule is CCCS(=O)(=O)CCCN(c1ccc(Cl)c(C(=O)O)c1F)S(=O)[O-]. The number of benzene rings is 1. The molecule has 136 valence electrons. The van der Waals surface area contributed by atoms with Gasteiger partial charge in [-0.3, -0.25) is 8.51 Å². The number of sulfone groups is 1. The van der Waals surface area contributed by atoms with E-state index in [9.17, 15) is 26.4 Å². The number of nitrogens with zero attached hydrogens (tertiary/aromatic N) is 1. The van der Waals surface area contributed by atoms with Crippen LogP contribution in [0.1, 0.15) is 30.1 Å². The fraction of sp³-hybridized carbons (Fsp3) is 0.462. The van der Waals surface area contributed by atoms with Gasteiger partial charge in [-0.15, -0.1) is 0 Å². The molecule has 1 unspecified atom stereocenters. The Morgan fingerprint density at radius 1 is 1.42 bits per heavy atom. The highest BCUT2D eigenvalue weighted by molar-refractivity contribution is 7.91. The summed E-state index contributed by atoms with van der Waals surface area (Å²) in [7, 11) is -3.31. The molecule has 0 spiro atoms. The van der Waals surface area contributed by atoms with Crippen molar-refractivity contribution in [3.05, 3.63) is 28.5 Å². The van der Waals surface area contributed by atoms with Gasteiger partial charge in [0.05, 0.1) is 16.5 Å². The second-order valence-corrected chi connectivity index (χ2v) is 8.47. The molecule has 0 radical (unpaired) electrons. The third-order valence-corrected chi connectivity index (χ3v) is 6.06. The van der Waals surface area contributed by atoms with Crippen molar-refractivity contribution in [1.82, 2.24) is 0 Å². The predicted molar refractivity (Wildman–Crippen MR) is 88.2 cm³/mol. The van der Waals surface area contributed by atoms with E-state index in [0.29, 0.717) is 10.7 Å². The van der Waals surface area contributed by atoms with Crippen molar-refractivity contribution in [3.63, 3.8) is 0 Å². The third kappa shape index (κ3) is 5.40. The molecular weight excluding hydrogens is 385 g/mol. The quantitative estimate of drug-likeness (QED) is 0.634. The van der Waals surface area contributed by atoms with E-state index in [2.05, 4.69) is 0 Å². The second kappa shape index (κ2) is 8.75. The molecular formula is C13H16ClFNO6S2-. The third-order valence-electron chi connectivity index (χ3n) is 3.06. The van der Waals surface area contributed by atoms with Gasteiger partial charge in [0.15, 0.2) is 5.82 Å². The number of carboxylic acids is 1. The highest BCUT2D eigenvalue weighted by atomic mass is 35.5. The van der Waals surface area contributed by atoms with Crippen molar-refractivity contribution >= 4 is 44.4 Å². The summed E-state index contributed by atoms with van der Waals surface area (Å²) in [6.45, 7) is 1.39. The van der Waals surface area contributed by atoms with E-state index in [0.717, 1.165) is 12.1 Å². The largest absolute Gasteiger partial charge is 0.755 e. The van der Waals surface area contributed by atoms with Crippen LogP contribution in [0.15, 0.2) is 12.1 Å². The Bertz CT molecular complexity index is 740. The van der Waals surface area contributed by atoms with E-state index in [-0.39, 0.29) is 29.5 Å². The van der Waals surface area contributed by atoms with Crippen molar-refractivity contribution in [2.45, 2.75) is 19.8 Å². The monoisotopic (exact) mass is 400 g/mol. The lowest BCUT2D eigenvalue weighted by Gasteiger charge is -2.27. The molecule has 0 saturated heterocycles. The lowest BCUT2D eigenvalue weighted by molar-refractivity contribution is 0.0692. The maximum absolute atomic E-state index is 14.3. The molecule has 1 aromatic carbocycles. The van der Waals surface area contributed by atoms with Crippen molar-refractivity contribution in [2.75, 3.05) is 22.4 Å². The molecule has 0 amide bonds. The molecule has 1 aromatic rings. The number of hydrogen-bond acceptors (Lipinski definition) is 5. The molecule has 0 aliphatic heterocycles. The molecule has 1 rings (SSSR count). The minimum Gasteiger partial charge on any atom is -0.755 e. The van der Waals surface area contributed by atoms with Crippen LogP contribution in [0.4, 0.5) is 10.1 Å². The van der Waals surface area contributed by atoms with Gasteiger partial charge in [0.1, 0.15) is 15.4 Å². The zero-order chi connectivity index (χ0) is 18.5. The fourth-order valence-corrected chi connectivity index (χ4v) is 4.25. The van der Waals surface area contributed by atoms with Crippen molar-refractivity contribution in [3.8, 4) is 0 Å². The van der Waals surface area contributed by atoms with Crippen LogP contribution in [-0.2, 0) is 21.1 Å². The van der Waals surface area contributed by atoms with Crippen LogP contribution in [0, 0.1) is 5.82 Å². The van der Waals surface area contributed by atoms with Gasteiger partial charge in [-0.25, -0.2) is 17.6 Å². The Morgan fingerprint density at radius 2 is 2.04 bits per heavy atom. The number of carbonyl (C=O) groups is 1. The summed E-state index contributed by atoms with van der Waals surface area (Å²) in [6.07, 6.45) is 0.383. The summed E-state index contributed by atoms with van der Waals surface area (Å²) < 4.78 is 60.8. The van der Waals surface area contributed by atoms with Crippen LogP contribution >= 0.6 is 11.6 Å². The molecule has 0 aliphatic rings. The Hall–Kier alpha value is -1.23. The van der Waals surface area contributed by atoms with Crippen molar-refractivity contribution < 1.29 is 31.5 Å². The minimum atomic E-state index is -3.31. The van der Waals surface area contributed by atoms with Crippen LogP contribution in [0.2, 0.25) is 5.02 Å². The molecule has 0 fully saturated rings. The Morgan fingerprint density at radius 3 is 2.54 bits per heavy atom. The Kier molecular flexibility index (Phi) is 7.58. The number of hydrogen-bond donors (Lipinski definition) is 1. The molecule has 1 atom stereocenters. The highest BCUT2D eigenvalue weighted by Gasteiger charge is 2.22. The highest BCUT2D eigenvalue weighted by Crippen LogP contribution is 2.29. The maximum Gasteiger partial charge on any atom is 0.340 e. The summed E-state index contributed by atoms with van der Waals surface area (Å²) in [5, 5.41) is 8.59. The van der Waals surface area contributed by atoms with Gasteiger partial charge >= 0.3 is 5.97 Å².